The van der Waals surface area contributed by atoms with Crippen molar-refractivity contribution >= 4 is 5.91 Å². The van der Waals surface area contributed by atoms with Gasteiger partial charge >= 0.3 is 0 Å². The summed E-state index contributed by atoms with van der Waals surface area (Å²) in [7, 11) is 0. The van der Waals surface area contributed by atoms with Crippen LogP contribution in [-0.4, -0.2) is 22.0 Å². The van der Waals surface area contributed by atoms with Gasteiger partial charge in [-0.25, -0.2) is 4.98 Å². The van der Waals surface area contributed by atoms with Gasteiger partial charge in [0.15, 0.2) is 0 Å². The van der Waals surface area contributed by atoms with Crippen LogP contribution in [0.25, 0.3) is 11.4 Å². The number of carbonyl (C=O) groups is 1. The molecule has 2 aromatic rings. The van der Waals surface area contributed by atoms with Gasteiger partial charge in [0.25, 0.3) is 0 Å². The summed E-state index contributed by atoms with van der Waals surface area (Å²) in [5.74, 6) is 1.17. The molecule has 1 N–H and O–H groups in total. The number of hydrogen-bond donors (Lipinski definition) is 1. The van der Waals surface area contributed by atoms with Crippen LogP contribution in [0.2, 0.25) is 0 Å². The summed E-state index contributed by atoms with van der Waals surface area (Å²) in [6.45, 7) is 5.56. The molecule has 1 aromatic carbocycles. The average Bonchev–Trinajstić information content (AvgIpc) is 2.97. The van der Waals surface area contributed by atoms with Gasteiger partial charge in [-0.3, -0.25) is 4.79 Å². The molecular weight excluding hydrogens is 298 g/mol. The van der Waals surface area contributed by atoms with Crippen molar-refractivity contribution in [3.05, 3.63) is 42.2 Å². The summed E-state index contributed by atoms with van der Waals surface area (Å²) in [5.41, 5.74) is 2.05. The van der Waals surface area contributed by atoms with Crippen molar-refractivity contribution < 1.29 is 4.79 Å². The first-order valence-corrected chi connectivity index (χ1v) is 8.96. The highest BCUT2D eigenvalue weighted by atomic mass is 16.2. The molecule has 1 aliphatic carbocycles. The Morgan fingerprint density at radius 2 is 1.92 bits per heavy atom. The van der Waals surface area contributed by atoms with Crippen molar-refractivity contribution in [1.29, 1.82) is 0 Å². The lowest BCUT2D eigenvalue weighted by molar-refractivity contribution is -0.131. The molecule has 4 heteroatoms. The van der Waals surface area contributed by atoms with Crippen molar-refractivity contribution in [1.82, 2.24) is 14.9 Å². The lowest BCUT2D eigenvalue weighted by Gasteiger charge is -2.32. The topological polar surface area (TPSA) is 46.9 Å². The highest BCUT2D eigenvalue weighted by Crippen LogP contribution is 2.35. The Labute approximate surface area is 144 Å². The number of aryl methyl sites for hydroxylation is 1. The fourth-order valence-electron chi connectivity index (χ4n) is 3.61. The second-order valence-corrected chi connectivity index (χ2v) is 7.12. The molecule has 1 amide bonds. The van der Waals surface area contributed by atoms with E-state index in [1.807, 2.05) is 24.4 Å². The smallest absolute Gasteiger partial charge is 0.225 e. The second kappa shape index (κ2) is 7.20. The molecule has 3 rings (SSSR count). The Balaban J connectivity index is 1.63. The number of benzene rings is 1. The number of carbonyl (C=O) groups excluding carboxylic acids is 1. The minimum Gasteiger partial charge on any atom is -0.354 e. The molecule has 1 saturated carbocycles. The molecule has 4 nitrogen and oxygen atoms in total. The van der Waals surface area contributed by atoms with Crippen LogP contribution < -0.4 is 5.32 Å². The van der Waals surface area contributed by atoms with Crippen LogP contribution in [0.1, 0.15) is 44.7 Å². The van der Waals surface area contributed by atoms with Gasteiger partial charge in [0.2, 0.25) is 5.91 Å². The van der Waals surface area contributed by atoms with Gasteiger partial charge in [-0.05, 0) is 19.8 Å². The van der Waals surface area contributed by atoms with E-state index in [4.69, 9.17) is 0 Å². The van der Waals surface area contributed by atoms with Crippen molar-refractivity contribution in [3.8, 4) is 11.4 Å². The Morgan fingerprint density at radius 1 is 1.21 bits per heavy atom. The molecule has 0 unspecified atom stereocenters. The van der Waals surface area contributed by atoms with E-state index in [1.165, 1.54) is 19.3 Å². The van der Waals surface area contributed by atoms with Gasteiger partial charge in [0.1, 0.15) is 5.82 Å². The largest absolute Gasteiger partial charge is 0.354 e. The van der Waals surface area contributed by atoms with Crippen LogP contribution >= 0.6 is 0 Å². The molecule has 128 valence electrons. The third-order valence-electron chi connectivity index (χ3n) is 5.21. The predicted molar refractivity (Wildman–Crippen MR) is 96.6 cm³/mol. The van der Waals surface area contributed by atoms with Crippen molar-refractivity contribution in [3.63, 3.8) is 0 Å². The fourth-order valence-corrected chi connectivity index (χ4v) is 3.61. The van der Waals surface area contributed by atoms with Crippen molar-refractivity contribution in [2.45, 2.75) is 52.5 Å². The Morgan fingerprint density at radius 3 is 2.62 bits per heavy atom. The number of imidazole rings is 1. The molecule has 1 aromatic heterocycles. The van der Waals surface area contributed by atoms with Crippen molar-refractivity contribution in [2.24, 2.45) is 5.41 Å². The fraction of sp³-hybridized carbons (Fsp3) is 0.500. The molecule has 0 spiro atoms. The zero-order chi connectivity index (χ0) is 17.0. The van der Waals surface area contributed by atoms with E-state index in [0.29, 0.717) is 6.54 Å². The molecule has 1 heterocycles. The van der Waals surface area contributed by atoms with Crippen LogP contribution in [0.3, 0.4) is 0 Å². The van der Waals surface area contributed by atoms with Crippen LogP contribution in [0.5, 0.6) is 0 Å². The number of nitrogens with zero attached hydrogens (tertiary/aromatic N) is 2. The van der Waals surface area contributed by atoms with Gasteiger partial charge in [0, 0.05) is 36.0 Å². The predicted octanol–water partition coefficient (Wildman–Crippen LogP) is 3.95. The molecule has 24 heavy (non-hydrogen) atoms. The van der Waals surface area contributed by atoms with Crippen molar-refractivity contribution in [2.75, 3.05) is 6.54 Å². The molecule has 0 aliphatic heterocycles. The molecule has 1 fully saturated rings. The first kappa shape index (κ1) is 16.7. The van der Waals surface area contributed by atoms with Gasteiger partial charge in [0.05, 0.1) is 0 Å². The van der Waals surface area contributed by atoms with E-state index < -0.39 is 0 Å². The van der Waals surface area contributed by atoms with Crippen LogP contribution in [0.15, 0.2) is 36.5 Å². The third kappa shape index (κ3) is 3.53. The zero-order valence-corrected chi connectivity index (χ0v) is 14.7. The van der Waals surface area contributed by atoms with E-state index in [-0.39, 0.29) is 11.3 Å². The zero-order valence-electron chi connectivity index (χ0n) is 14.7. The third-order valence-corrected chi connectivity index (χ3v) is 5.21. The summed E-state index contributed by atoms with van der Waals surface area (Å²) in [6, 6.07) is 10.2. The monoisotopic (exact) mass is 325 g/mol. The number of nitrogens with one attached hydrogen (secondary N) is 1. The van der Waals surface area contributed by atoms with Crippen LogP contribution in [0.4, 0.5) is 0 Å². The Hall–Kier alpha value is -2.10. The minimum absolute atomic E-state index is 0.176. The second-order valence-electron chi connectivity index (χ2n) is 7.12. The maximum atomic E-state index is 12.6. The van der Waals surface area contributed by atoms with E-state index in [2.05, 4.69) is 40.8 Å². The maximum absolute atomic E-state index is 12.6. The van der Waals surface area contributed by atoms with E-state index in [9.17, 15) is 4.79 Å². The molecule has 0 saturated heterocycles. The van der Waals surface area contributed by atoms with Gasteiger partial charge in [-0.2, -0.15) is 0 Å². The van der Waals surface area contributed by atoms with E-state index in [1.54, 1.807) is 0 Å². The number of hydrogen-bond acceptors (Lipinski definition) is 2. The lowest BCUT2D eigenvalue weighted by Crippen LogP contribution is -2.41. The lowest BCUT2D eigenvalue weighted by atomic mass is 9.75. The summed E-state index contributed by atoms with van der Waals surface area (Å²) < 4.78 is 2.18. The summed E-state index contributed by atoms with van der Waals surface area (Å²) >= 11 is 0. The SMILES string of the molecule is Cc1cnc(-c2ccccc2)n1CCNC(=O)C1(C)CCCCC1. The summed E-state index contributed by atoms with van der Waals surface area (Å²) in [6.07, 6.45) is 7.52. The number of amides is 1. The van der Waals surface area contributed by atoms with E-state index in [0.717, 1.165) is 36.5 Å². The first-order valence-electron chi connectivity index (χ1n) is 8.96. The highest BCUT2D eigenvalue weighted by molar-refractivity contribution is 5.82. The Bertz CT molecular complexity index is 684. The minimum atomic E-state index is -0.176. The maximum Gasteiger partial charge on any atom is 0.225 e. The summed E-state index contributed by atoms with van der Waals surface area (Å²) in [5, 5.41) is 3.15. The van der Waals surface area contributed by atoms with Gasteiger partial charge in [-0.15, -0.1) is 0 Å². The molecule has 0 bridgehead atoms. The molecule has 1 aliphatic rings. The quantitative estimate of drug-likeness (QED) is 0.905. The number of rotatable bonds is 5. The highest BCUT2D eigenvalue weighted by Gasteiger charge is 2.34. The van der Waals surface area contributed by atoms with Gasteiger partial charge in [-0.1, -0.05) is 56.5 Å². The first-order chi connectivity index (χ1) is 11.6. The van der Waals surface area contributed by atoms with E-state index >= 15 is 0 Å². The van der Waals surface area contributed by atoms with Gasteiger partial charge < -0.3 is 9.88 Å². The van der Waals surface area contributed by atoms with Crippen LogP contribution in [0, 0.1) is 12.3 Å². The molecular formula is C20H27N3O. The summed E-state index contributed by atoms with van der Waals surface area (Å²) in [4.78, 5) is 17.1. The molecule has 0 atom stereocenters. The average molecular weight is 325 g/mol. The Kier molecular flexibility index (Phi) is 5.03. The van der Waals surface area contributed by atoms with Crippen LogP contribution in [-0.2, 0) is 11.3 Å². The standard InChI is InChI=1S/C20H27N3O/c1-16-15-22-18(17-9-5-3-6-10-17)23(16)14-13-21-19(24)20(2)11-7-4-8-12-20/h3,5-6,9-10,15H,4,7-8,11-14H2,1-2H3,(H,21,24). The number of aromatic nitrogens is 2. The normalized spacial score (nSPS) is 16.8. The molecule has 0 radical (unpaired) electrons.